The third kappa shape index (κ3) is 0.869. The topological polar surface area (TPSA) is 49.3 Å². The standard InChI is InChI=1S/C5H7NO2/c1-5(8)3-2-4(7)6-5/h2-3,8H,1H3,(H,6,7). The average molecular weight is 113 g/mol. The van der Waals surface area contributed by atoms with Crippen LogP contribution in [0.5, 0.6) is 0 Å². The fourth-order valence-electron chi connectivity index (χ4n) is 0.571. The van der Waals surface area contributed by atoms with Crippen molar-refractivity contribution in [2.75, 3.05) is 0 Å². The number of carbonyl (C=O) groups is 1. The second kappa shape index (κ2) is 1.32. The first-order valence-electron chi connectivity index (χ1n) is 2.34. The molecule has 0 spiro atoms. The SMILES string of the molecule is CC1(O)C=CC(=O)N1. The molecule has 0 bridgehead atoms. The van der Waals surface area contributed by atoms with Crippen molar-refractivity contribution >= 4 is 5.91 Å². The zero-order valence-corrected chi connectivity index (χ0v) is 4.51. The molecule has 1 aliphatic heterocycles. The van der Waals surface area contributed by atoms with Crippen LogP contribution < -0.4 is 5.32 Å². The molecule has 3 heteroatoms. The van der Waals surface area contributed by atoms with Gasteiger partial charge < -0.3 is 10.4 Å². The summed E-state index contributed by atoms with van der Waals surface area (Å²) in [5, 5.41) is 11.2. The second-order valence-electron chi connectivity index (χ2n) is 1.97. The molecule has 0 aliphatic carbocycles. The molecule has 1 amide bonds. The van der Waals surface area contributed by atoms with E-state index in [0.717, 1.165) is 0 Å². The van der Waals surface area contributed by atoms with Crippen molar-refractivity contribution in [2.45, 2.75) is 12.6 Å². The number of hydrogen-bond donors (Lipinski definition) is 2. The number of rotatable bonds is 0. The van der Waals surface area contributed by atoms with Gasteiger partial charge in [-0.3, -0.25) is 4.79 Å². The molecular weight excluding hydrogens is 106 g/mol. The summed E-state index contributed by atoms with van der Waals surface area (Å²) in [6, 6.07) is 0. The molecule has 0 aromatic rings. The summed E-state index contributed by atoms with van der Waals surface area (Å²) in [4.78, 5) is 10.3. The first kappa shape index (κ1) is 5.31. The van der Waals surface area contributed by atoms with E-state index in [1.807, 2.05) is 0 Å². The normalized spacial score (nSPS) is 35.5. The summed E-state index contributed by atoms with van der Waals surface area (Å²) in [5.41, 5.74) is -1.11. The van der Waals surface area contributed by atoms with E-state index in [0.29, 0.717) is 0 Å². The fourth-order valence-corrected chi connectivity index (χ4v) is 0.571. The monoisotopic (exact) mass is 113 g/mol. The summed E-state index contributed by atoms with van der Waals surface area (Å²) in [6.45, 7) is 1.51. The molecule has 0 saturated carbocycles. The Morgan fingerprint density at radius 3 is 2.62 bits per heavy atom. The molecule has 8 heavy (non-hydrogen) atoms. The van der Waals surface area contributed by atoms with E-state index in [-0.39, 0.29) is 5.91 Å². The molecular formula is C5H7NO2. The van der Waals surface area contributed by atoms with Crippen LogP contribution in [0.1, 0.15) is 6.92 Å². The number of nitrogens with one attached hydrogen (secondary N) is 1. The quantitative estimate of drug-likeness (QED) is 0.440. The molecule has 1 atom stereocenters. The highest BCUT2D eigenvalue weighted by atomic mass is 16.3. The van der Waals surface area contributed by atoms with Crippen LogP contribution in [0.4, 0.5) is 0 Å². The zero-order chi connectivity index (χ0) is 6.20. The highest BCUT2D eigenvalue weighted by Crippen LogP contribution is 2.05. The maximum absolute atomic E-state index is 10.3. The largest absolute Gasteiger partial charge is 0.368 e. The van der Waals surface area contributed by atoms with Crippen molar-refractivity contribution in [3.8, 4) is 0 Å². The maximum Gasteiger partial charge on any atom is 0.246 e. The van der Waals surface area contributed by atoms with Crippen LogP contribution in [0.25, 0.3) is 0 Å². The van der Waals surface area contributed by atoms with Gasteiger partial charge in [-0.15, -0.1) is 0 Å². The molecule has 1 rings (SSSR count). The number of amides is 1. The first-order chi connectivity index (χ1) is 3.60. The summed E-state index contributed by atoms with van der Waals surface area (Å²) in [7, 11) is 0. The second-order valence-corrected chi connectivity index (χ2v) is 1.97. The van der Waals surface area contributed by atoms with Crippen LogP contribution in [-0.2, 0) is 4.79 Å². The minimum absolute atomic E-state index is 0.241. The van der Waals surface area contributed by atoms with Crippen LogP contribution >= 0.6 is 0 Å². The summed E-state index contributed by atoms with van der Waals surface area (Å²) in [6.07, 6.45) is 2.72. The molecule has 1 unspecified atom stereocenters. The molecule has 1 heterocycles. The maximum atomic E-state index is 10.3. The molecule has 3 nitrogen and oxygen atoms in total. The van der Waals surface area contributed by atoms with Gasteiger partial charge in [-0.25, -0.2) is 0 Å². The third-order valence-corrected chi connectivity index (χ3v) is 0.936. The molecule has 0 saturated heterocycles. The van der Waals surface area contributed by atoms with Crippen molar-refractivity contribution in [3.63, 3.8) is 0 Å². The predicted octanol–water partition coefficient (Wildman–Crippen LogP) is -0.619. The molecule has 0 fully saturated rings. The minimum atomic E-state index is -1.11. The van der Waals surface area contributed by atoms with Gasteiger partial charge in [0.2, 0.25) is 5.91 Å². The molecule has 0 radical (unpaired) electrons. The Bertz CT molecular complexity index is 149. The average Bonchev–Trinajstić information content (AvgIpc) is 1.82. The van der Waals surface area contributed by atoms with Crippen molar-refractivity contribution in [3.05, 3.63) is 12.2 Å². The van der Waals surface area contributed by atoms with Crippen LogP contribution in [0, 0.1) is 0 Å². The minimum Gasteiger partial charge on any atom is -0.368 e. The van der Waals surface area contributed by atoms with E-state index in [2.05, 4.69) is 5.32 Å². The molecule has 1 aliphatic rings. The number of hydrogen-bond acceptors (Lipinski definition) is 2. The Hall–Kier alpha value is -0.830. The lowest BCUT2D eigenvalue weighted by molar-refractivity contribution is -0.119. The van der Waals surface area contributed by atoms with Crippen molar-refractivity contribution < 1.29 is 9.90 Å². The van der Waals surface area contributed by atoms with Crippen molar-refractivity contribution in [1.29, 1.82) is 0 Å². The Kier molecular flexibility index (Phi) is 0.877. The summed E-state index contributed by atoms with van der Waals surface area (Å²) in [5.74, 6) is -0.241. The van der Waals surface area contributed by atoms with Gasteiger partial charge in [-0.1, -0.05) is 0 Å². The van der Waals surface area contributed by atoms with E-state index < -0.39 is 5.72 Å². The Labute approximate surface area is 47.0 Å². The van der Waals surface area contributed by atoms with E-state index >= 15 is 0 Å². The lowest BCUT2D eigenvalue weighted by Gasteiger charge is -2.12. The van der Waals surface area contributed by atoms with Gasteiger partial charge in [-0.2, -0.15) is 0 Å². The lowest BCUT2D eigenvalue weighted by Crippen LogP contribution is -2.38. The van der Waals surface area contributed by atoms with Gasteiger partial charge >= 0.3 is 0 Å². The van der Waals surface area contributed by atoms with Crippen LogP contribution in [0.2, 0.25) is 0 Å². The van der Waals surface area contributed by atoms with Gasteiger partial charge in [0, 0.05) is 6.08 Å². The van der Waals surface area contributed by atoms with Gasteiger partial charge in [0.25, 0.3) is 0 Å². The van der Waals surface area contributed by atoms with Gasteiger partial charge in [0.15, 0.2) is 5.72 Å². The van der Waals surface area contributed by atoms with E-state index in [1.54, 1.807) is 0 Å². The Morgan fingerprint density at radius 1 is 1.88 bits per heavy atom. The molecule has 2 N–H and O–H groups in total. The van der Waals surface area contributed by atoms with Crippen LogP contribution in [0.15, 0.2) is 12.2 Å². The van der Waals surface area contributed by atoms with E-state index in [4.69, 9.17) is 5.11 Å². The van der Waals surface area contributed by atoms with Crippen LogP contribution in [-0.4, -0.2) is 16.7 Å². The van der Waals surface area contributed by atoms with Crippen LogP contribution in [0.3, 0.4) is 0 Å². The van der Waals surface area contributed by atoms with Gasteiger partial charge in [-0.05, 0) is 13.0 Å². The van der Waals surface area contributed by atoms with Gasteiger partial charge in [0.05, 0.1) is 0 Å². The van der Waals surface area contributed by atoms with E-state index in [1.165, 1.54) is 19.1 Å². The highest BCUT2D eigenvalue weighted by Gasteiger charge is 2.22. The number of carbonyl (C=O) groups excluding carboxylic acids is 1. The zero-order valence-electron chi connectivity index (χ0n) is 4.51. The first-order valence-corrected chi connectivity index (χ1v) is 2.34. The Morgan fingerprint density at radius 2 is 2.50 bits per heavy atom. The smallest absolute Gasteiger partial charge is 0.246 e. The molecule has 0 aromatic heterocycles. The predicted molar refractivity (Wildman–Crippen MR) is 27.9 cm³/mol. The summed E-state index contributed by atoms with van der Waals surface area (Å²) < 4.78 is 0. The fraction of sp³-hybridized carbons (Fsp3) is 0.400. The lowest BCUT2D eigenvalue weighted by atomic mass is 10.3. The van der Waals surface area contributed by atoms with Gasteiger partial charge in [0.1, 0.15) is 0 Å². The molecule has 44 valence electrons. The molecule has 0 aromatic carbocycles. The Balaban J connectivity index is 2.72. The number of aliphatic hydroxyl groups is 1. The van der Waals surface area contributed by atoms with E-state index in [9.17, 15) is 4.79 Å². The highest BCUT2D eigenvalue weighted by molar-refractivity contribution is 5.90. The third-order valence-electron chi connectivity index (χ3n) is 0.936. The summed E-state index contributed by atoms with van der Waals surface area (Å²) >= 11 is 0. The van der Waals surface area contributed by atoms with Crippen molar-refractivity contribution in [2.24, 2.45) is 0 Å². The van der Waals surface area contributed by atoms with Crippen molar-refractivity contribution in [1.82, 2.24) is 5.32 Å².